The largest absolute Gasteiger partial charge is 0.465 e. The summed E-state index contributed by atoms with van der Waals surface area (Å²) in [6, 6.07) is 18.7. The Morgan fingerprint density at radius 2 is 1.69 bits per heavy atom. The Bertz CT molecular complexity index is 1210. The SMILES string of the molecule is CCOC(=O)[C@@H]1[C@@H](c2ccccc2)[C@@H]2C(=O)ON1[C@]2(C)C(=O)O[C@@H]1C[C@H](C)CC[C@H]1C(C)(C)c1ccccc1. The molecule has 39 heavy (non-hydrogen) atoms. The molecule has 0 radical (unpaired) electrons. The Labute approximate surface area is 230 Å². The number of ether oxygens (including phenoxy) is 2. The van der Waals surface area contributed by atoms with E-state index in [0.717, 1.165) is 24.8 Å². The third kappa shape index (κ3) is 4.54. The van der Waals surface area contributed by atoms with E-state index in [9.17, 15) is 14.4 Å². The molecule has 1 unspecified atom stereocenters. The second-order valence-electron chi connectivity index (χ2n) is 12.1. The lowest BCUT2D eigenvalue weighted by atomic mass is 9.64. The minimum atomic E-state index is -1.46. The van der Waals surface area contributed by atoms with E-state index in [2.05, 4.69) is 32.9 Å². The third-order valence-electron chi connectivity index (χ3n) is 9.34. The smallest absolute Gasteiger partial charge is 0.331 e. The molecule has 3 aliphatic rings. The molecule has 1 aliphatic carbocycles. The number of hydrogen-bond acceptors (Lipinski definition) is 7. The van der Waals surface area contributed by atoms with Crippen molar-refractivity contribution in [3.05, 3.63) is 71.8 Å². The van der Waals surface area contributed by atoms with Gasteiger partial charge in [0.1, 0.15) is 6.10 Å². The lowest BCUT2D eigenvalue weighted by Crippen LogP contribution is -2.54. The molecular formula is C32H39NO6. The topological polar surface area (TPSA) is 82.1 Å². The van der Waals surface area contributed by atoms with Crippen molar-refractivity contribution < 1.29 is 28.7 Å². The van der Waals surface area contributed by atoms with Crippen LogP contribution in [0.1, 0.15) is 70.9 Å². The summed E-state index contributed by atoms with van der Waals surface area (Å²) in [6.07, 6.45) is 2.40. The van der Waals surface area contributed by atoms with Crippen molar-refractivity contribution in [2.75, 3.05) is 6.61 Å². The van der Waals surface area contributed by atoms with E-state index in [1.807, 2.05) is 48.5 Å². The zero-order valence-corrected chi connectivity index (χ0v) is 23.5. The van der Waals surface area contributed by atoms with Crippen molar-refractivity contribution in [2.24, 2.45) is 17.8 Å². The van der Waals surface area contributed by atoms with Crippen LogP contribution in [0.3, 0.4) is 0 Å². The highest BCUT2D eigenvalue weighted by atomic mass is 16.7. The van der Waals surface area contributed by atoms with Gasteiger partial charge in [-0.3, -0.25) is 4.79 Å². The minimum absolute atomic E-state index is 0.0973. The first-order valence-corrected chi connectivity index (χ1v) is 14.1. The molecular weight excluding hydrogens is 494 g/mol. The van der Waals surface area contributed by atoms with E-state index in [4.69, 9.17) is 14.3 Å². The Balaban J connectivity index is 1.49. The van der Waals surface area contributed by atoms with Crippen LogP contribution in [0.4, 0.5) is 0 Å². The minimum Gasteiger partial charge on any atom is -0.465 e. The summed E-state index contributed by atoms with van der Waals surface area (Å²) in [5.41, 5.74) is 0.297. The number of hydroxylamine groups is 2. The molecule has 1 saturated carbocycles. The van der Waals surface area contributed by atoms with Gasteiger partial charge in [0.2, 0.25) is 0 Å². The van der Waals surface area contributed by atoms with Crippen LogP contribution in [0, 0.1) is 17.8 Å². The van der Waals surface area contributed by atoms with E-state index < -0.39 is 41.3 Å². The lowest BCUT2D eigenvalue weighted by molar-refractivity contribution is -0.215. The van der Waals surface area contributed by atoms with Gasteiger partial charge in [-0.05, 0) is 49.1 Å². The normalized spacial score (nSPS) is 33.9. The van der Waals surface area contributed by atoms with E-state index in [-0.39, 0.29) is 24.0 Å². The molecule has 0 spiro atoms. The monoisotopic (exact) mass is 533 g/mol. The number of carbonyl (C=O) groups is 3. The Morgan fingerprint density at radius 3 is 2.33 bits per heavy atom. The standard InChI is InChI=1S/C32H39NO6/c1-6-37-29(35)27-25(21-13-9-7-10-14-21)26-28(34)39-33(27)32(26,5)30(36)38-24-19-20(2)17-18-23(24)31(3,4)22-15-11-8-12-16-22/h7-16,20,23-27H,6,17-19H2,1-5H3/t20-,23-,24-,25+,26-,27+,32+/m1/s1. The molecule has 2 bridgehead atoms. The highest BCUT2D eigenvalue weighted by Gasteiger charge is 2.73. The number of carbonyl (C=O) groups excluding carboxylic acids is 3. The van der Waals surface area contributed by atoms with Crippen molar-refractivity contribution in [2.45, 2.75) is 82.9 Å². The first-order valence-electron chi connectivity index (χ1n) is 14.1. The number of hydrogen-bond donors (Lipinski definition) is 0. The van der Waals surface area contributed by atoms with Gasteiger partial charge in [0.05, 0.1) is 12.5 Å². The molecule has 8 atom stereocenters. The molecule has 7 nitrogen and oxygen atoms in total. The summed E-state index contributed by atoms with van der Waals surface area (Å²) in [5, 5.41) is 1.27. The molecule has 0 amide bonds. The number of esters is 2. The molecule has 208 valence electrons. The van der Waals surface area contributed by atoms with Crippen LogP contribution in [0.25, 0.3) is 0 Å². The molecule has 5 rings (SSSR count). The van der Waals surface area contributed by atoms with Crippen LogP contribution in [0.5, 0.6) is 0 Å². The number of rotatable bonds is 7. The molecule has 7 heteroatoms. The van der Waals surface area contributed by atoms with Gasteiger partial charge in [-0.1, -0.05) is 87.9 Å². The van der Waals surface area contributed by atoms with Gasteiger partial charge < -0.3 is 14.3 Å². The van der Waals surface area contributed by atoms with Crippen LogP contribution >= 0.6 is 0 Å². The van der Waals surface area contributed by atoms with Crippen LogP contribution in [0.15, 0.2) is 60.7 Å². The second-order valence-corrected chi connectivity index (χ2v) is 12.1. The highest BCUT2D eigenvalue weighted by Crippen LogP contribution is 2.55. The second kappa shape index (κ2) is 10.4. The number of benzene rings is 2. The third-order valence-corrected chi connectivity index (χ3v) is 9.34. The summed E-state index contributed by atoms with van der Waals surface area (Å²) in [5.74, 6) is -2.56. The maximum absolute atomic E-state index is 14.2. The average molecular weight is 534 g/mol. The van der Waals surface area contributed by atoms with Crippen LogP contribution < -0.4 is 0 Å². The molecule has 2 aliphatic heterocycles. The summed E-state index contributed by atoms with van der Waals surface area (Å²) in [6.45, 7) is 10.2. The summed E-state index contributed by atoms with van der Waals surface area (Å²) in [4.78, 5) is 46.2. The lowest BCUT2D eigenvalue weighted by Gasteiger charge is -2.44. The van der Waals surface area contributed by atoms with Crippen LogP contribution in [-0.4, -0.2) is 47.3 Å². The van der Waals surface area contributed by atoms with Crippen molar-refractivity contribution >= 4 is 17.9 Å². The maximum atomic E-state index is 14.2. The number of fused-ring (bicyclic) bond motifs is 2. The summed E-state index contributed by atoms with van der Waals surface area (Å²) < 4.78 is 11.8. The summed E-state index contributed by atoms with van der Waals surface area (Å²) in [7, 11) is 0. The fourth-order valence-electron chi connectivity index (χ4n) is 7.15. The highest BCUT2D eigenvalue weighted by molar-refractivity contribution is 5.96. The maximum Gasteiger partial charge on any atom is 0.331 e. The quantitative estimate of drug-likeness (QED) is 0.453. The van der Waals surface area contributed by atoms with Crippen molar-refractivity contribution in [1.29, 1.82) is 0 Å². The van der Waals surface area contributed by atoms with Crippen LogP contribution in [0.2, 0.25) is 0 Å². The zero-order valence-electron chi connectivity index (χ0n) is 23.5. The van der Waals surface area contributed by atoms with E-state index in [0.29, 0.717) is 5.92 Å². The van der Waals surface area contributed by atoms with Gasteiger partial charge in [0.15, 0.2) is 11.6 Å². The van der Waals surface area contributed by atoms with Crippen molar-refractivity contribution in [3.63, 3.8) is 0 Å². The average Bonchev–Trinajstić information content (AvgIpc) is 3.34. The van der Waals surface area contributed by atoms with Gasteiger partial charge in [-0.25, -0.2) is 9.59 Å². The Hall–Kier alpha value is -3.19. The number of nitrogens with zero attached hydrogens (tertiary/aromatic N) is 1. The fourth-order valence-corrected chi connectivity index (χ4v) is 7.15. The van der Waals surface area contributed by atoms with Crippen LogP contribution in [-0.2, 0) is 34.1 Å². The predicted molar refractivity (Wildman–Crippen MR) is 145 cm³/mol. The van der Waals surface area contributed by atoms with E-state index >= 15 is 0 Å². The van der Waals surface area contributed by atoms with Gasteiger partial charge in [0.25, 0.3) is 0 Å². The summed E-state index contributed by atoms with van der Waals surface area (Å²) >= 11 is 0. The van der Waals surface area contributed by atoms with E-state index in [1.54, 1.807) is 13.8 Å². The molecule has 2 aromatic rings. The van der Waals surface area contributed by atoms with Crippen molar-refractivity contribution in [1.82, 2.24) is 5.06 Å². The predicted octanol–water partition coefficient (Wildman–Crippen LogP) is 5.19. The van der Waals surface area contributed by atoms with Gasteiger partial charge in [-0.2, -0.15) is 0 Å². The Kier molecular flexibility index (Phi) is 7.31. The van der Waals surface area contributed by atoms with E-state index in [1.165, 1.54) is 10.6 Å². The molecule has 0 N–H and O–H groups in total. The van der Waals surface area contributed by atoms with Gasteiger partial charge in [-0.15, -0.1) is 5.06 Å². The first kappa shape index (κ1) is 27.4. The molecule has 0 aromatic heterocycles. The zero-order chi connectivity index (χ0) is 27.9. The molecule has 3 fully saturated rings. The first-order chi connectivity index (χ1) is 18.6. The molecule has 2 aromatic carbocycles. The Morgan fingerprint density at radius 1 is 1.05 bits per heavy atom. The van der Waals surface area contributed by atoms with Crippen molar-refractivity contribution in [3.8, 4) is 0 Å². The fraction of sp³-hybridized carbons (Fsp3) is 0.531. The molecule has 2 heterocycles. The molecule has 2 saturated heterocycles. The van der Waals surface area contributed by atoms with Gasteiger partial charge >= 0.3 is 17.9 Å². The van der Waals surface area contributed by atoms with Gasteiger partial charge in [0, 0.05) is 11.8 Å².